The Bertz CT molecular complexity index is 528. The van der Waals surface area contributed by atoms with Crippen molar-refractivity contribution < 1.29 is 9.59 Å². The van der Waals surface area contributed by atoms with Crippen LogP contribution in [0.25, 0.3) is 0 Å². The van der Waals surface area contributed by atoms with Crippen molar-refractivity contribution >= 4 is 33.4 Å². The van der Waals surface area contributed by atoms with E-state index in [0.717, 1.165) is 16.6 Å². The zero-order valence-electron chi connectivity index (χ0n) is 12.6. The molecule has 0 saturated carbocycles. The molecule has 1 aromatic carbocycles. The van der Waals surface area contributed by atoms with Crippen LogP contribution in [0.2, 0.25) is 0 Å². The monoisotopic (exact) mass is 352 g/mol. The molecule has 0 aromatic heterocycles. The summed E-state index contributed by atoms with van der Waals surface area (Å²) in [6.07, 6.45) is 1.53. The summed E-state index contributed by atoms with van der Waals surface area (Å²) in [5, 5.41) is 2.87. The number of nitrogens with zero attached hydrogens (tertiary/aromatic N) is 1. The molecule has 0 radical (unpaired) electrons. The van der Waals surface area contributed by atoms with Crippen molar-refractivity contribution in [2.45, 2.75) is 45.7 Å². The van der Waals surface area contributed by atoms with Crippen LogP contribution in [-0.4, -0.2) is 23.9 Å². The summed E-state index contributed by atoms with van der Waals surface area (Å²) < 4.78 is 0.950. The van der Waals surface area contributed by atoms with Crippen LogP contribution in [0.1, 0.15) is 33.6 Å². The average molecular weight is 353 g/mol. The van der Waals surface area contributed by atoms with E-state index in [1.165, 1.54) is 0 Å². The number of carbonyl (C=O) groups is 2. The van der Waals surface area contributed by atoms with E-state index < -0.39 is 12.1 Å². The molecule has 4 nitrogen and oxygen atoms in total. The third-order valence-electron chi connectivity index (χ3n) is 3.71. The van der Waals surface area contributed by atoms with Gasteiger partial charge in [0, 0.05) is 10.2 Å². The Morgan fingerprint density at radius 3 is 2.38 bits per heavy atom. The highest BCUT2D eigenvalue weighted by atomic mass is 79.9. The van der Waals surface area contributed by atoms with E-state index in [9.17, 15) is 9.59 Å². The second-order valence-electron chi connectivity index (χ2n) is 5.72. The minimum Gasteiger partial charge on any atom is -0.342 e. The van der Waals surface area contributed by atoms with Crippen LogP contribution < -0.4 is 10.2 Å². The molecule has 1 aliphatic rings. The molecular weight excluding hydrogens is 332 g/mol. The Morgan fingerprint density at radius 1 is 1.24 bits per heavy atom. The fraction of sp³-hybridized carbons (Fsp3) is 0.500. The first-order valence-electron chi connectivity index (χ1n) is 7.34. The molecule has 1 aliphatic heterocycles. The summed E-state index contributed by atoms with van der Waals surface area (Å²) in [4.78, 5) is 26.8. The van der Waals surface area contributed by atoms with Gasteiger partial charge in [0.05, 0.1) is 0 Å². The molecule has 1 N–H and O–H groups in total. The van der Waals surface area contributed by atoms with E-state index in [1.807, 2.05) is 45.0 Å². The molecule has 1 fully saturated rings. The highest BCUT2D eigenvalue weighted by Gasteiger charge is 2.42. The van der Waals surface area contributed by atoms with Crippen LogP contribution in [0.3, 0.4) is 0 Å². The molecule has 2 amide bonds. The van der Waals surface area contributed by atoms with Crippen molar-refractivity contribution in [1.82, 2.24) is 5.32 Å². The van der Waals surface area contributed by atoms with Gasteiger partial charge in [0.1, 0.15) is 12.1 Å². The van der Waals surface area contributed by atoms with Crippen molar-refractivity contribution in [2.75, 3.05) is 4.90 Å². The van der Waals surface area contributed by atoms with Gasteiger partial charge >= 0.3 is 0 Å². The lowest BCUT2D eigenvalue weighted by Gasteiger charge is -2.40. The number of hydrogen-bond acceptors (Lipinski definition) is 2. The maximum absolute atomic E-state index is 12.8. The summed E-state index contributed by atoms with van der Waals surface area (Å²) in [7, 11) is 0. The Labute approximate surface area is 134 Å². The van der Waals surface area contributed by atoms with Gasteiger partial charge < -0.3 is 5.32 Å². The van der Waals surface area contributed by atoms with E-state index >= 15 is 0 Å². The predicted molar refractivity (Wildman–Crippen MR) is 87.1 cm³/mol. The minimum absolute atomic E-state index is 0.0162. The zero-order valence-corrected chi connectivity index (χ0v) is 14.2. The van der Waals surface area contributed by atoms with Gasteiger partial charge in [-0.25, -0.2) is 0 Å². The molecule has 1 heterocycles. The first-order valence-corrected chi connectivity index (χ1v) is 8.14. The fourth-order valence-electron chi connectivity index (χ4n) is 2.72. The molecule has 1 aromatic rings. The van der Waals surface area contributed by atoms with Crippen molar-refractivity contribution in [2.24, 2.45) is 5.92 Å². The molecule has 1 saturated heterocycles. The predicted octanol–water partition coefficient (Wildman–Crippen LogP) is 3.11. The Morgan fingerprint density at radius 2 is 1.86 bits per heavy atom. The molecule has 0 bridgehead atoms. The maximum Gasteiger partial charge on any atom is 0.250 e. The smallest absolute Gasteiger partial charge is 0.250 e. The Balaban J connectivity index is 2.40. The highest BCUT2D eigenvalue weighted by molar-refractivity contribution is 9.10. The van der Waals surface area contributed by atoms with E-state index in [4.69, 9.17) is 0 Å². The molecule has 114 valence electrons. The molecular formula is C16H21BrN2O2. The van der Waals surface area contributed by atoms with Gasteiger partial charge in [-0.05, 0) is 36.6 Å². The highest BCUT2D eigenvalue weighted by Crippen LogP contribution is 2.27. The van der Waals surface area contributed by atoms with Crippen LogP contribution in [0.5, 0.6) is 0 Å². The van der Waals surface area contributed by atoms with Gasteiger partial charge in [-0.3, -0.25) is 14.5 Å². The van der Waals surface area contributed by atoms with Crippen molar-refractivity contribution in [1.29, 1.82) is 0 Å². The van der Waals surface area contributed by atoms with E-state index in [1.54, 1.807) is 4.90 Å². The van der Waals surface area contributed by atoms with E-state index in [0.29, 0.717) is 6.42 Å². The first-order chi connectivity index (χ1) is 9.95. The Hall–Kier alpha value is -1.36. The van der Waals surface area contributed by atoms with Crippen LogP contribution in [0.4, 0.5) is 5.69 Å². The van der Waals surface area contributed by atoms with Gasteiger partial charge in [-0.15, -0.1) is 0 Å². The zero-order chi connectivity index (χ0) is 15.6. The second-order valence-corrected chi connectivity index (χ2v) is 6.64. The fourth-order valence-corrected chi connectivity index (χ4v) is 2.98. The first kappa shape index (κ1) is 16.0. The minimum atomic E-state index is -0.452. The maximum atomic E-state index is 12.8. The van der Waals surface area contributed by atoms with Gasteiger partial charge in [-0.1, -0.05) is 43.1 Å². The third-order valence-corrected chi connectivity index (χ3v) is 4.24. The molecule has 2 atom stereocenters. The topological polar surface area (TPSA) is 49.4 Å². The van der Waals surface area contributed by atoms with Crippen LogP contribution in [-0.2, 0) is 9.59 Å². The molecule has 5 heteroatoms. The summed E-state index contributed by atoms with van der Waals surface area (Å²) in [5.74, 6) is -0.0244. The summed E-state index contributed by atoms with van der Waals surface area (Å²) in [6, 6.07) is 6.66. The molecule has 2 rings (SSSR count). The summed E-state index contributed by atoms with van der Waals surface area (Å²) >= 11 is 3.39. The normalized spacial score (nSPS) is 22.6. The number of anilines is 1. The van der Waals surface area contributed by atoms with E-state index in [-0.39, 0.29) is 17.7 Å². The van der Waals surface area contributed by atoms with Crippen LogP contribution in [0, 0.1) is 5.92 Å². The number of carbonyl (C=O) groups excluding carboxylic acids is 2. The quantitative estimate of drug-likeness (QED) is 0.904. The average Bonchev–Trinajstić information content (AvgIpc) is 2.43. The van der Waals surface area contributed by atoms with Gasteiger partial charge in [0.2, 0.25) is 11.8 Å². The van der Waals surface area contributed by atoms with Crippen LogP contribution >= 0.6 is 15.9 Å². The SMILES string of the molecule is CCCC1NC(=O)C(C(C)C)N(c2ccc(Br)cc2)C1=O. The van der Waals surface area contributed by atoms with Gasteiger partial charge in [-0.2, -0.15) is 0 Å². The van der Waals surface area contributed by atoms with Crippen molar-refractivity contribution in [3.63, 3.8) is 0 Å². The van der Waals surface area contributed by atoms with Crippen molar-refractivity contribution in [3.05, 3.63) is 28.7 Å². The lowest BCUT2D eigenvalue weighted by atomic mass is 9.95. The number of nitrogens with one attached hydrogen (secondary N) is 1. The molecule has 0 spiro atoms. The number of rotatable bonds is 4. The lowest BCUT2D eigenvalue weighted by Crippen LogP contribution is -2.65. The van der Waals surface area contributed by atoms with Gasteiger partial charge in [0.25, 0.3) is 0 Å². The molecule has 0 aliphatic carbocycles. The third kappa shape index (κ3) is 3.28. The number of hydrogen-bond donors (Lipinski definition) is 1. The second kappa shape index (κ2) is 6.60. The lowest BCUT2D eigenvalue weighted by molar-refractivity contribution is -0.135. The molecule has 21 heavy (non-hydrogen) atoms. The van der Waals surface area contributed by atoms with Crippen LogP contribution in [0.15, 0.2) is 28.7 Å². The number of benzene rings is 1. The summed E-state index contributed by atoms with van der Waals surface area (Å²) in [5.41, 5.74) is 0.776. The number of halogens is 1. The Kier molecular flexibility index (Phi) is 5.04. The molecule has 2 unspecified atom stereocenters. The largest absolute Gasteiger partial charge is 0.342 e. The van der Waals surface area contributed by atoms with Crippen molar-refractivity contribution in [3.8, 4) is 0 Å². The number of piperazine rings is 1. The standard InChI is InChI=1S/C16H21BrN2O2/c1-4-5-13-16(21)19(12-8-6-11(17)7-9-12)14(10(2)3)15(20)18-13/h6-10,13-14H,4-5H2,1-3H3,(H,18,20). The summed E-state index contributed by atoms with van der Waals surface area (Å²) in [6.45, 7) is 5.94. The van der Waals surface area contributed by atoms with Gasteiger partial charge in [0.15, 0.2) is 0 Å². The number of amides is 2. The van der Waals surface area contributed by atoms with E-state index in [2.05, 4.69) is 21.2 Å².